The summed E-state index contributed by atoms with van der Waals surface area (Å²) >= 11 is 0. The van der Waals surface area contributed by atoms with E-state index in [0.29, 0.717) is 17.8 Å². The molecular weight excluding hydrogens is 266 g/mol. The second-order valence-corrected chi connectivity index (χ2v) is 4.58. The Morgan fingerprint density at radius 3 is 2.76 bits per heavy atom. The average molecular weight is 279 g/mol. The van der Waals surface area contributed by atoms with Crippen molar-refractivity contribution in [2.45, 2.75) is 13.5 Å². The van der Waals surface area contributed by atoms with Crippen LogP contribution in [-0.4, -0.2) is 25.8 Å². The largest absolute Gasteiger partial charge is 0.345 e. The van der Waals surface area contributed by atoms with Crippen LogP contribution in [-0.2, 0) is 6.54 Å². The minimum atomic E-state index is -0.274. The molecule has 1 amide bonds. The van der Waals surface area contributed by atoms with E-state index in [1.807, 2.05) is 37.3 Å². The van der Waals surface area contributed by atoms with Crippen LogP contribution in [0, 0.1) is 6.92 Å². The van der Waals surface area contributed by atoms with Gasteiger partial charge in [-0.25, -0.2) is 15.0 Å². The lowest BCUT2D eigenvalue weighted by molar-refractivity contribution is 0.0945. The number of amides is 1. The van der Waals surface area contributed by atoms with E-state index in [1.165, 1.54) is 12.5 Å². The van der Waals surface area contributed by atoms with Crippen LogP contribution in [0.5, 0.6) is 0 Å². The van der Waals surface area contributed by atoms with E-state index >= 15 is 0 Å². The van der Waals surface area contributed by atoms with E-state index in [9.17, 15) is 4.79 Å². The minimum absolute atomic E-state index is 0.274. The van der Waals surface area contributed by atoms with Gasteiger partial charge < -0.3 is 5.32 Å². The molecule has 3 aromatic rings. The summed E-state index contributed by atoms with van der Waals surface area (Å²) in [5.41, 5.74) is 3.37. The minimum Gasteiger partial charge on any atom is -0.345 e. The highest BCUT2D eigenvalue weighted by Gasteiger charge is 2.09. The summed E-state index contributed by atoms with van der Waals surface area (Å²) in [6, 6.07) is 9.25. The molecule has 3 rings (SSSR count). The number of para-hydroxylation sites is 2. The van der Waals surface area contributed by atoms with Gasteiger partial charge >= 0.3 is 0 Å². The molecule has 0 bridgehead atoms. The van der Waals surface area contributed by atoms with Crippen molar-refractivity contribution >= 4 is 16.9 Å². The summed E-state index contributed by atoms with van der Waals surface area (Å²) in [6.45, 7) is 2.21. The molecule has 0 atom stereocenters. The molecule has 0 unspecified atom stereocenters. The summed E-state index contributed by atoms with van der Waals surface area (Å²) in [5, 5.41) is 2.78. The maximum absolute atomic E-state index is 12.1. The molecule has 0 aliphatic carbocycles. The molecule has 6 heteroatoms. The molecule has 2 aromatic heterocycles. The molecule has 0 fully saturated rings. The quantitative estimate of drug-likeness (QED) is 0.788. The first-order valence-corrected chi connectivity index (χ1v) is 6.50. The Hall–Kier alpha value is -2.89. The Kier molecular flexibility index (Phi) is 3.51. The Morgan fingerprint density at radius 1 is 1.14 bits per heavy atom. The topological polar surface area (TPSA) is 80.7 Å². The van der Waals surface area contributed by atoms with Gasteiger partial charge in [-0.2, -0.15) is 0 Å². The maximum Gasteiger partial charge on any atom is 0.271 e. The van der Waals surface area contributed by atoms with Crippen molar-refractivity contribution in [3.05, 3.63) is 59.9 Å². The number of benzene rings is 1. The van der Waals surface area contributed by atoms with Crippen LogP contribution in [0.4, 0.5) is 0 Å². The highest BCUT2D eigenvalue weighted by atomic mass is 16.1. The van der Waals surface area contributed by atoms with Crippen LogP contribution in [0.25, 0.3) is 11.0 Å². The van der Waals surface area contributed by atoms with Crippen molar-refractivity contribution in [3.63, 3.8) is 0 Å². The van der Waals surface area contributed by atoms with Gasteiger partial charge in [-0.3, -0.25) is 9.78 Å². The first kappa shape index (κ1) is 13.1. The third-order valence-corrected chi connectivity index (χ3v) is 2.97. The Morgan fingerprint density at radius 2 is 1.95 bits per heavy atom. The third kappa shape index (κ3) is 3.00. The van der Waals surface area contributed by atoms with Crippen LogP contribution in [0.15, 0.2) is 42.9 Å². The molecule has 6 nitrogen and oxygen atoms in total. The van der Waals surface area contributed by atoms with E-state index < -0.39 is 0 Å². The number of aromatic nitrogens is 4. The highest BCUT2D eigenvalue weighted by Crippen LogP contribution is 2.08. The molecule has 1 aromatic carbocycles. The predicted molar refractivity (Wildman–Crippen MR) is 77.5 cm³/mol. The normalized spacial score (nSPS) is 10.5. The SMILES string of the molecule is Cc1cc(CNC(=O)c2cnc3ccccc3n2)ncn1. The number of rotatable bonds is 3. The van der Waals surface area contributed by atoms with Gasteiger partial charge in [0.2, 0.25) is 0 Å². The fourth-order valence-corrected chi connectivity index (χ4v) is 1.93. The van der Waals surface area contributed by atoms with Crippen LogP contribution >= 0.6 is 0 Å². The number of fused-ring (bicyclic) bond motifs is 1. The molecule has 0 saturated heterocycles. The van der Waals surface area contributed by atoms with E-state index in [1.54, 1.807) is 0 Å². The summed E-state index contributed by atoms with van der Waals surface area (Å²) in [7, 11) is 0. The number of carbonyl (C=O) groups is 1. The lowest BCUT2D eigenvalue weighted by Gasteiger charge is -2.05. The molecule has 0 spiro atoms. The predicted octanol–water partition coefficient (Wildman–Crippen LogP) is 1.66. The average Bonchev–Trinajstić information content (AvgIpc) is 2.52. The van der Waals surface area contributed by atoms with E-state index in [0.717, 1.165) is 16.9 Å². The Labute approximate surface area is 121 Å². The van der Waals surface area contributed by atoms with Crippen molar-refractivity contribution in [1.82, 2.24) is 25.3 Å². The number of nitrogens with one attached hydrogen (secondary N) is 1. The molecule has 0 saturated carbocycles. The Bertz CT molecular complexity index is 803. The third-order valence-electron chi connectivity index (χ3n) is 2.97. The van der Waals surface area contributed by atoms with Crippen LogP contribution in [0.2, 0.25) is 0 Å². The van der Waals surface area contributed by atoms with Crippen molar-refractivity contribution < 1.29 is 4.79 Å². The van der Waals surface area contributed by atoms with Crippen LogP contribution in [0.1, 0.15) is 21.9 Å². The van der Waals surface area contributed by atoms with Gasteiger partial charge in [0.05, 0.1) is 29.5 Å². The summed E-state index contributed by atoms with van der Waals surface area (Å²) in [6.07, 6.45) is 2.95. The lowest BCUT2D eigenvalue weighted by Crippen LogP contribution is -2.24. The van der Waals surface area contributed by atoms with Crippen molar-refractivity contribution in [3.8, 4) is 0 Å². The van der Waals surface area contributed by atoms with Crippen molar-refractivity contribution in [2.24, 2.45) is 0 Å². The first-order valence-electron chi connectivity index (χ1n) is 6.50. The molecule has 1 N–H and O–H groups in total. The first-order chi connectivity index (χ1) is 10.2. The van der Waals surface area contributed by atoms with E-state index in [-0.39, 0.29) is 5.91 Å². The van der Waals surface area contributed by atoms with Crippen molar-refractivity contribution in [2.75, 3.05) is 0 Å². The second-order valence-electron chi connectivity index (χ2n) is 4.58. The van der Waals surface area contributed by atoms with Gasteiger partial charge in [-0.1, -0.05) is 12.1 Å². The van der Waals surface area contributed by atoms with Crippen LogP contribution in [0.3, 0.4) is 0 Å². The van der Waals surface area contributed by atoms with Crippen molar-refractivity contribution in [1.29, 1.82) is 0 Å². The summed E-state index contributed by atoms with van der Waals surface area (Å²) in [4.78, 5) is 28.7. The number of carbonyl (C=O) groups excluding carboxylic acids is 1. The molecule has 21 heavy (non-hydrogen) atoms. The van der Waals surface area contributed by atoms with Crippen LogP contribution < -0.4 is 5.32 Å². The zero-order valence-corrected chi connectivity index (χ0v) is 11.4. The maximum atomic E-state index is 12.1. The zero-order chi connectivity index (χ0) is 14.7. The standard InChI is InChI=1S/C15H13N5O/c1-10-6-11(19-9-18-10)7-17-15(21)14-8-16-12-4-2-3-5-13(12)20-14/h2-6,8-9H,7H2,1H3,(H,17,21). The molecule has 0 aliphatic heterocycles. The number of nitrogens with zero attached hydrogens (tertiary/aromatic N) is 4. The van der Waals surface area contributed by atoms with Gasteiger partial charge in [-0.15, -0.1) is 0 Å². The van der Waals surface area contributed by atoms with Gasteiger partial charge in [0.1, 0.15) is 12.0 Å². The number of aryl methyl sites for hydroxylation is 1. The smallest absolute Gasteiger partial charge is 0.271 e. The molecular formula is C15H13N5O. The monoisotopic (exact) mass is 279 g/mol. The molecule has 0 radical (unpaired) electrons. The molecule has 104 valence electrons. The fourth-order valence-electron chi connectivity index (χ4n) is 1.93. The van der Waals surface area contributed by atoms with E-state index in [4.69, 9.17) is 0 Å². The molecule has 0 aliphatic rings. The van der Waals surface area contributed by atoms with Gasteiger partial charge in [0, 0.05) is 5.69 Å². The van der Waals surface area contributed by atoms with Gasteiger partial charge in [0.25, 0.3) is 5.91 Å². The lowest BCUT2D eigenvalue weighted by atomic mass is 10.3. The van der Waals surface area contributed by atoms with Gasteiger partial charge in [0.15, 0.2) is 0 Å². The van der Waals surface area contributed by atoms with E-state index in [2.05, 4.69) is 25.3 Å². The second kappa shape index (κ2) is 5.62. The molecule has 2 heterocycles. The number of hydrogen-bond donors (Lipinski definition) is 1. The highest BCUT2D eigenvalue weighted by molar-refractivity contribution is 5.93. The summed E-state index contributed by atoms with van der Waals surface area (Å²) in [5.74, 6) is -0.274. The Balaban J connectivity index is 1.74. The number of hydrogen-bond acceptors (Lipinski definition) is 5. The van der Waals surface area contributed by atoms with Gasteiger partial charge in [-0.05, 0) is 25.1 Å². The summed E-state index contributed by atoms with van der Waals surface area (Å²) < 4.78 is 0. The zero-order valence-electron chi connectivity index (χ0n) is 11.4. The fraction of sp³-hybridized carbons (Fsp3) is 0.133.